The molecule has 8 nitrogen and oxygen atoms in total. The molecule has 0 radical (unpaired) electrons. The van der Waals surface area contributed by atoms with E-state index in [9.17, 15) is 14.9 Å². The Hall–Kier alpha value is -2.90. The Kier molecular flexibility index (Phi) is 4.11. The molecule has 0 aliphatic rings. The number of nitro groups is 1. The lowest BCUT2D eigenvalue weighted by atomic mass is 10.1. The number of amides is 1. The van der Waals surface area contributed by atoms with Crippen molar-refractivity contribution < 1.29 is 14.5 Å². The van der Waals surface area contributed by atoms with Gasteiger partial charge in [0.1, 0.15) is 17.5 Å². The Morgan fingerprint density at radius 2 is 2.14 bits per heavy atom. The number of nitrogens with zero attached hydrogens (tertiary/aromatic N) is 2. The van der Waals surface area contributed by atoms with Crippen LogP contribution in [0.25, 0.3) is 10.9 Å². The molecule has 116 valence electrons. The maximum atomic E-state index is 11.2. The van der Waals surface area contributed by atoms with Crippen LogP contribution in [-0.4, -0.2) is 28.1 Å². The average Bonchev–Trinajstić information content (AvgIpc) is 2.43. The van der Waals surface area contributed by atoms with Crippen LogP contribution in [0.1, 0.15) is 13.8 Å². The van der Waals surface area contributed by atoms with Crippen LogP contribution in [0.4, 0.5) is 16.2 Å². The van der Waals surface area contributed by atoms with Gasteiger partial charge in [-0.2, -0.15) is 0 Å². The monoisotopic (exact) mass is 304 g/mol. The highest BCUT2D eigenvalue weighted by Crippen LogP contribution is 2.31. The lowest BCUT2D eigenvalue weighted by molar-refractivity contribution is -0.384. The summed E-state index contributed by atoms with van der Waals surface area (Å²) in [5.41, 5.74) is 4.91. The van der Waals surface area contributed by atoms with Gasteiger partial charge in [-0.25, -0.2) is 9.78 Å². The van der Waals surface area contributed by atoms with Crippen molar-refractivity contribution in [1.82, 2.24) is 4.98 Å². The van der Waals surface area contributed by atoms with Crippen molar-refractivity contribution in [2.75, 3.05) is 11.9 Å². The second-order valence-corrected chi connectivity index (χ2v) is 5.33. The Bertz CT molecular complexity index is 730. The molecule has 0 fully saturated rings. The molecule has 0 atom stereocenters. The highest BCUT2D eigenvalue weighted by molar-refractivity contribution is 5.95. The van der Waals surface area contributed by atoms with Gasteiger partial charge in [0.05, 0.1) is 17.0 Å². The second kappa shape index (κ2) is 5.84. The number of primary amides is 1. The fourth-order valence-electron chi connectivity index (χ4n) is 2.06. The van der Waals surface area contributed by atoms with E-state index in [-0.39, 0.29) is 12.2 Å². The summed E-state index contributed by atoms with van der Waals surface area (Å²) in [4.78, 5) is 25.6. The minimum Gasteiger partial charge on any atom is -0.442 e. The van der Waals surface area contributed by atoms with Crippen molar-refractivity contribution in [3.63, 3.8) is 0 Å². The van der Waals surface area contributed by atoms with E-state index in [0.29, 0.717) is 16.6 Å². The molecule has 0 aliphatic heterocycles. The van der Waals surface area contributed by atoms with Crippen LogP contribution in [0, 0.1) is 10.1 Å². The van der Waals surface area contributed by atoms with E-state index < -0.39 is 16.6 Å². The zero-order chi connectivity index (χ0) is 16.3. The number of ether oxygens (including phenoxy) is 1. The molecule has 2 aromatic rings. The number of rotatable bonds is 5. The third-order valence-corrected chi connectivity index (χ3v) is 3.02. The van der Waals surface area contributed by atoms with Gasteiger partial charge >= 0.3 is 11.8 Å². The lowest BCUT2D eigenvalue weighted by Gasteiger charge is -2.25. The summed E-state index contributed by atoms with van der Waals surface area (Å²) in [6.45, 7) is 3.46. The van der Waals surface area contributed by atoms with Gasteiger partial charge < -0.3 is 15.8 Å². The number of hydrogen-bond donors (Lipinski definition) is 2. The Balaban J connectivity index is 2.38. The van der Waals surface area contributed by atoms with Gasteiger partial charge in [-0.15, -0.1) is 0 Å². The van der Waals surface area contributed by atoms with Crippen LogP contribution in [0.15, 0.2) is 30.5 Å². The number of fused-ring (bicyclic) bond motifs is 1. The van der Waals surface area contributed by atoms with E-state index in [1.807, 2.05) is 0 Å². The Morgan fingerprint density at radius 3 is 2.77 bits per heavy atom. The third-order valence-electron chi connectivity index (χ3n) is 3.02. The molecule has 1 aromatic carbocycles. The van der Waals surface area contributed by atoms with E-state index in [0.717, 1.165) is 0 Å². The fourth-order valence-corrected chi connectivity index (χ4v) is 2.06. The second-order valence-electron chi connectivity index (χ2n) is 5.33. The number of carbonyl (C=O) groups excluding carboxylic acids is 1. The van der Waals surface area contributed by atoms with Gasteiger partial charge in [0.25, 0.3) is 0 Å². The largest absolute Gasteiger partial charge is 0.442 e. The zero-order valence-electron chi connectivity index (χ0n) is 12.2. The summed E-state index contributed by atoms with van der Waals surface area (Å²) in [5, 5.41) is 14.8. The number of anilines is 1. The number of hydrogen-bond acceptors (Lipinski definition) is 6. The number of para-hydroxylation sites is 1. The summed E-state index contributed by atoms with van der Waals surface area (Å²) in [5.74, 6) is 0. The Morgan fingerprint density at radius 1 is 1.45 bits per heavy atom. The minimum absolute atomic E-state index is 0.145. The molecule has 0 spiro atoms. The molecule has 2 rings (SSSR count). The molecular formula is C14H16N4O4. The molecule has 22 heavy (non-hydrogen) atoms. The molecule has 0 unspecified atom stereocenters. The first-order valence-corrected chi connectivity index (χ1v) is 6.54. The van der Waals surface area contributed by atoms with Crippen LogP contribution >= 0.6 is 0 Å². The minimum atomic E-state index is -0.913. The van der Waals surface area contributed by atoms with Gasteiger partial charge in [-0.1, -0.05) is 18.2 Å². The maximum absolute atomic E-state index is 11.2. The number of benzene rings is 1. The summed E-state index contributed by atoms with van der Waals surface area (Å²) in [6.07, 6.45) is 0.299. The highest BCUT2D eigenvalue weighted by Gasteiger charge is 2.24. The van der Waals surface area contributed by atoms with E-state index in [4.69, 9.17) is 10.5 Å². The number of nitrogens with two attached hydrogens (primary N) is 1. The number of aromatic nitrogens is 1. The molecule has 0 saturated heterocycles. The molecule has 3 N–H and O–H groups in total. The average molecular weight is 304 g/mol. The summed E-state index contributed by atoms with van der Waals surface area (Å²) in [7, 11) is 0. The van der Waals surface area contributed by atoms with Gasteiger partial charge in [0.2, 0.25) is 0 Å². The van der Waals surface area contributed by atoms with Crippen molar-refractivity contribution in [2.24, 2.45) is 5.73 Å². The van der Waals surface area contributed by atoms with Crippen molar-refractivity contribution in [3.05, 3.63) is 40.6 Å². The van der Waals surface area contributed by atoms with Gasteiger partial charge in [-0.3, -0.25) is 10.1 Å². The smallest absolute Gasteiger partial charge is 0.405 e. The van der Waals surface area contributed by atoms with E-state index in [1.165, 1.54) is 6.20 Å². The standard InChI is InChI=1S/C14H16N4O4/c1-14(2,22-13(15)19)8-17-12-9-5-3-4-6-10(9)16-7-11(12)18(20)21/h3-7H,8H2,1-2H3,(H2,15,19)(H,16,17). The van der Waals surface area contributed by atoms with Crippen molar-refractivity contribution in [3.8, 4) is 0 Å². The van der Waals surface area contributed by atoms with Crippen molar-refractivity contribution >= 4 is 28.4 Å². The van der Waals surface area contributed by atoms with Crippen LogP contribution in [0.5, 0.6) is 0 Å². The predicted octanol–water partition coefficient (Wildman–Crippen LogP) is 2.43. The van der Waals surface area contributed by atoms with Crippen LogP contribution < -0.4 is 11.1 Å². The first kappa shape index (κ1) is 15.5. The lowest BCUT2D eigenvalue weighted by Crippen LogP contribution is -2.37. The number of pyridine rings is 1. The topological polar surface area (TPSA) is 120 Å². The quantitative estimate of drug-likeness (QED) is 0.646. The van der Waals surface area contributed by atoms with Crippen LogP contribution in [0.2, 0.25) is 0 Å². The first-order valence-electron chi connectivity index (χ1n) is 6.54. The summed E-state index contributed by atoms with van der Waals surface area (Å²) in [6, 6.07) is 7.06. The van der Waals surface area contributed by atoms with E-state index >= 15 is 0 Å². The molecular weight excluding hydrogens is 288 g/mol. The normalized spacial score (nSPS) is 11.2. The number of carbonyl (C=O) groups is 1. The van der Waals surface area contributed by atoms with E-state index in [1.54, 1.807) is 38.1 Å². The highest BCUT2D eigenvalue weighted by atomic mass is 16.6. The molecule has 1 aromatic heterocycles. The first-order chi connectivity index (χ1) is 10.3. The maximum Gasteiger partial charge on any atom is 0.405 e. The predicted molar refractivity (Wildman–Crippen MR) is 81.6 cm³/mol. The van der Waals surface area contributed by atoms with Crippen molar-refractivity contribution in [1.29, 1.82) is 0 Å². The molecule has 1 heterocycles. The fraction of sp³-hybridized carbons (Fsp3) is 0.286. The molecule has 0 bridgehead atoms. The Labute approximate surface area is 126 Å². The van der Waals surface area contributed by atoms with Gasteiger partial charge in [0, 0.05) is 5.39 Å². The molecule has 0 saturated carbocycles. The van der Waals surface area contributed by atoms with Crippen LogP contribution in [-0.2, 0) is 4.74 Å². The van der Waals surface area contributed by atoms with E-state index in [2.05, 4.69) is 10.3 Å². The molecule has 0 aliphatic carbocycles. The molecule has 1 amide bonds. The van der Waals surface area contributed by atoms with Gasteiger partial charge in [0.15, 0.2) is 0 Å². The SMILES string of the molecule is CC(C)(CNc1c([N+](=O)[O-])cnc2ccccc12)OC(N)=O. The van der Waals surface area contributed by atoms with Crippen molar-refractivity contribution in [2.45, 2.75) is 19.4 Å². The summed E-state index contributed by atoms with van der Waals surface area (Å²) >= 11 is 0. The third kappa shape index (κ3) is 3.40. The van der Waals surface area contributed by atoms with Crippen LogP contribution in [0.3, 0.4) is 0 Å². The molecule has 8 heteroatoms. The van der Waals surface area contributed by atoms with Gasteiger partial charge in [-0.05, 0) is 19.9 Å². The number of nitrogens with one attached hydrogen (secondary N) is 1. The summed E-state index contributed by atoms with van der Waals surface area (Å²) < 4.78 is 4.96. The zero-order valence-corrected chi connectivity index (χ0v) is 12.2.